The summed E-state index contributed by atoms with van der Waals surface area (Å²) in [6.07, 6.45) is 3.00. The zero-order valence-corrected chi connectivity index (χ0v) is 15.5. The molecule has 0 fully saturated rings. The van der Waals surface area contributed by atoms with Crippen LogP contribution in [0.2, 0.25) is 0 Å². The van der Waals surface area contributed by atoms with Crippen LogP contribution in [0.5, 0.6) is 0 Å². The van der Waals surface area contributed by atoms with Crippen molar-refractivity contribution in [1.82, 2.24) is 0 Å². The van der Waals surface area contributed by atoms with Gasteiger partial charge in [0.15, 0.2) is 0 Å². The van der Waals surface area contributed by atoms with E-state index >= 15 is 0 Å². The lowest BCUT2D eigenvalue weighted by Crippen LogP contribution is -2.25. The van der Waals surface area contributed by atoms with Crippen molar-refractivity contribution in [2.24, 2.45) is 0 Å². The molecule has 4 heteroatoms. The normalized spacial score (nSPS) is 12.6. The monoisotopic (exact) mass is 324 g/mol. The van der Waals surface area contributed by atoms with Crippen molar-refractivity contribution >= 4 is 0 Å². The molecule has 0 spiro atoms. The molecule has 0 bridgehead atoms. The molecule has 0 unspecified atom stereocenters. The lowest BCUT2D eigenvalue weighted by atomic mass is 9.91. The van der Waals surface area contributed by atoms with Gasteiger partial charge in [-0.05, 0) is 57.7 Å². The lowest BCUT2D eigenvalue weighted by Gasteiger charge is -2.28. The minimum Gasteiger partial charge on any atom is -0.236 e. The molecule has 23 heavy (non-hydrogen) atoms. The lowest BCUT2D eigenvalue weighted by molar-refractivity contribution is -0.360. The van der Waals surface area contributed by atoms with Crippen LogP contribution >= 0.6 is 0 Å². The molecule has 0 amide bonds. The van der Waals surface area contributed by atoms with Crippen LogP contribution in [0, 0.1) is 0 Å². The van der Waals surface area contributed by atoms with Crippen LogP contribution in [-0.4, -0.2) is 13.2 Å². The predicted molar refractivity (Wildman–Crippen MR) is 91.8 cm³/mol. The van der Waals surface area contributed by atoms with Crippen molar-refractivity contribution in [3.8, 4) is 0 Å². The summed E-state index contributed by atoms with van der Waals surface area (Å²) in [6.45, 7) is 13.4. The Hall–Kier alpha value is -0.940. The molecule has 132 valence electrons. The highest BCUT2D eigenvalue weighted by Gasteiger charge is 2.28. The van der Waals surface area contributed by atoms with Gasteiger partial charge in [0, 0.05) is 0 Å². The Labute approximate surface area is 140 Å². The topological polar surface area (TPSA) is 36.9 Å². The van der Waals surface area contributed by atoms with Crippen molar-refractivity contribution < 1.29 is 19.6 Å². The van der Waals surface area contributed by atoms with E-state index in [1.54, 1.807) is 0 Å². The van der Waals surface area contributed by atoms with Crippen molar-refractivity contribution in [2.75, 3.05) is 13.2 Å². The highest BCUT2D eigenvalue weighted by Crippen LogP contribution is 2.31. The summed E-state index contributed by atoms with van der Waals surface area (Å²) in [5.41, 5.74) is 1.03. The van der Waals surface area contributed by atoms with E-state index in [4.69, 9.17) is 19.6 Å². The van der Waals surface area contributed by atoms with E-state index in [1.165, 1.54) is 0 Å². The fourth-order valence-electron chi connectivity index (χ4n) is 2.03. The Balaban J connectivity index is 2.77. The molecule has 0 atom stereocenters. The maximum absolute atomic E-state index is 5.61. The molecule has 0 N–H and O–H groups in total. The van der Waals surface area contributed by atoms with Gasteiger partial charge < -0.3 is 0 Å². The van der Waals surface area contributed by atoms with E-state index in [0.29, 0.717) is 13.2 Å². The Kier molecular flexibility index (Phi) is 8.20. The SMILES string of the molecule is CCCCOOC(C)(C)c1cccc(C(C)(C)OOCCC)c1. The minimum atomic E-state index is -0.524. The van der Waals surface area contributed by atoms with E-state index in [9.17, 15) is 0 Å². The van der Waals surface area contributed by atoms with Gasteiger partial charge in [-0.3, -0.25) is 0 Å². The average molecular weight is 324 g/mol. The first-order chi connectivity index (χ1) is 10.8. The summed E-state index contributed by atoms with van der Waals surface area (Å²) in [5, 5.41) is 0. The molecule has 1 aromatic rings. The number of hydrogen-bond donors (Lipinski definition) is 0. The van der Waals surface area contributed by atoms with Crippen molar-refractivity contribution in [3.63, 3.8) is 0 Å². The van der Waals surface area contributed by atoms with E-state index in [-0.39, 0.29) is 0 Å². The number of unbranched alkanes of at least 4 members (excludes halogenated alkanes) is 1. The number of benzene rings is 1. The largest absolute Gasteiger partial charge is 0.236 e. The third kappa shape index (κ3) is 6.60. The van der Waals surface area contributed by atoms with Crippen LogP contribution in [0.1, 0.15) is 71.9 Å². The van der Waals surface area contributed by atoms with Crippen LogP contribution in [0.25, 0.3) is 0 Å². The molecular weight excluding hydrogens is 292 g/mol. The first-order valence-corrected chi connectivity index (χ1v) is 8.55. The second-order valence-electron chi connectivity index (χ2n) is 6.77. The highest BCUT2D eigenvalue weighted by atomic mass is 17.2. The maximum atomic E-state index is 5.61. The van der Waals surface area contributed by atoms with Crippen molar-refractivity contribution in [3.05, 3.63) is 35.4 Å². The molecule has 1 aromatic carbocycles. The van der Waals surface area contributed by atoms with Gasteiger partial charge >= 0.3 is 0 Å². The molecule has 0 aromatic heterocycles. The molecule has 0 aliphatic carbocycles. The molecule has 0 aliphatic rings. The summed E-state index contributed by atoms with van der Waals surface area (Å²) in [4.78, 5) is 21.8. The predicted octanol–water partition coefficient (Wildman–Crippen LogP) is 5.26. The van der Waals surface area contributed by atoms with Crippen molar-refractivity contribution in [1.29, 1.82) is 0 Å². The van der Waals surface area contributed by atoms with E-state index in [2.05, 4.69) is 19.9 Å². The van der Waals surface area contributed by atoms with E-state index in [0.717, 1.165) is 30.4 Å². The number of rotatable bonds is 11. The molecule has 0 aliphatic heterocycles. The Morgan fingerprint density at radius 2 is 1.30 bits per heavy atom. The summed E-state index contributed by atoms with van der Waals surface area (Å²) in [5.74, 6) is 0. The highest BCUT2D eigenvalue weighted by molar-refractivity contribution is 5.30. The molecule has 0 radical (unpaired) electrons. The zero-order chi connectivity index (χ0) is 17.3. The summed E-state index contributed by atoms with van der Waals surface area (Å²) >= 11 is 0. The molecule has 0 saturated heterocycles. The molecular formula is C19H32O4. The van der Waals surface area contributed by atoms with Gasteiger partial charge in [0.05, 0.1) is 13.2 Å². The molecule has 0 heterocycles. The third-order valence-corrected chi connectivity index (χ3v) is 3.66. The molecule has 0 saturated carbocycles. The second-order valence-corrected chi connectivity index (χ2v) is 6.77. The van der Waals surface area contributed by atoms with Crippen LogP contribution in [0.15, 0.2) is 24.3 Å². The second kappa shape index (κ2) is 9.38. The Bertz CT molecular complexity index is 454. The van der Waals surface area contributed by atoms with Gasteiger partial charge in [-0.2, -0.15) is 0 Å². The Morgan fingerprint density at radius 1 is 0.783 bits per heavy atom. The van der Waals surface area contributed by atoms with Gasteiger partial charge in [0.1, 0.15) is 11.2 Å². The summed E-state index contributed by atoms with van der Waals surface area (Å²) in [7, 11) is 0. The summed E-state index contributed by atoms with van der Waals surface area (Å²) in [6, 6.07) is 8.16. The fraction of sp³-hybridized carbons (Fsp3) is 0.684. The standard InChI is InChI=1S/C19H32O4/c1-7-9-14-21-23-19(5,6)17-12-10-11-16(15-17)18(3,4)22-20-13-8-2/h10-12,15H,7-9,13-14H2,1-6H3. The number of hydrogen-bond acceptors (Lipinski definition) is 4. The first kappa shape index (κ1) is 20.1. The van der Waals surface area contributed by atoms with E-state index < -0.39 is 11.2 Å². The maximum Gasteiger partial charge on any atom is 0.123 e. The van der Waals surface area contributed by atoms with Crippen LogP contribution in [0.3, 0.4) is 0 Å². The summed E-state index contributed by atoms with van der Waals surface area (Å²) < 4.78 is 0. The van der Waals surface area contributed by atoms with Crippen LogP contribution < -0.4 is 0 Å². The Morgan fingerprint density at radius 3 is 1.78 bits per heavy atom. The fourth-order valence-corrected chi connectivity index (χ4v) is 2.03. The third-order valence-electron chi connectivity index (χ3n) is 3.66. The van der Waals surface area contributed by atoms with Gasteiger partial charge in [-0.1, -0.05) is 38.5 Å². The van der Waals surface area contributed by atoms with Crippen LogP contribution in [0.4, 0.5) is 0 Å². The van der Waals surface area contributed by atoms with Gasteiger partial charge in [-0.25, -0.2) is 19.6 Å². The molecule has 1 rings (SSSR count). The molecule has 4 nitrogen and oxygen atoms in total. The average Bonchev–Trinajstić information content (AvgIpc) is 2.52. The smallest absolute Gasteiger partial charge is 0.123 e. The van der Waals surface area contributed by atoms with E-state index in [1.807, 2.05) is 45.9 Å². The van der Waals surface area contributed by atoms with Gasteiger partial charge in [-0.15, -0.1) is 0 Å². The van der Waals surface area contributed by atoms with Crippen molar-refractivity contribution in [2.45, 2.75) is 72.0 Å². The van der Waals surface area contributed by atoms with Gasteiger partial charge in [0.2, 0.25) is 0 Å². The van der Waals surface area contributed by atoms with Crippen LogP contribution in [-0.2, 0) is 30.8 Å². The first-order valence-electron chi connectivity index (χ1n) is 8.55. The minimum absolute atomic E-state index is 0.523. The zero-order valence-electron chi connectivity index (χ0n) is 15.5. The van der Waals surface area contributed by atoms with Gasteiger partial charge in [0.25, 0.3) is 0 Å². The quantitative estimate of drug-likeness (QED) is 0.316.